The fourth-order valence-corrected chi connectivity index (χ4v) is 0.695. The SMILES string of the molecule is FC(F)=CC#Cc1ccccc1. The monoisotopic (exact) mass is 164 g/mol. The third kappa shape index (κ3) is 2.98. The molecule has 12 heavy (non-hydrogen) atoms. The van der Waals surface area contributed by atoms with Crippen LogP contribution in [-0.4, -0.2) is 0 Å². The van der Waals surface area contributed by atoms with Crippen molar-refractivity contribution in [1.29, 1.82) is 0 Å². The lowest BCUT2D eigenvalue weighted by molar-refractivity contribution is 0.422. The molecule has 2 heteroatoms. The van der Waals surface area contributed by atoms with Gasteiger partial charge in [0.25, 0.3) is 6.08 Å². The van der Waals surface area contributed by atoms with Gasteiger partial charge >= 0.3 is 0 Å². The highest BCUT2D eigenvalue weighted by molar-refractivity contribution is 5.36. The van der Waals surface area contributed by atoms with Crippen LogP contribution in [-0.2, 0) is 0 Å². The smallest absolute Gasteiger partial charge is 0.173 e. The van der Waals surface area contributed by atoms with E-state index in [2.05, 4.69) is 11.8 Å². The van der Waals surface area contributed by atoms with Crippen LogP contribution in [0.2, 0.25) is 0 Å². The highest BCUT2D eigenvalue weighted by Crippen LogP contribution is 1.96. The van der Waals surface area contributed by atoms with Gasteiger partial charge in [0, 0.05) is 5.56 Å². The molecule has 0 radical (unpaired) electrons. The van der Waals surface area contributed by atoms with Gasteiger partial charge in [-0.1, -0.05) is 30.0 Å². The van der Waals surface area contributed by atoms with Crippen LogP contribution in [0.3, 0.4) is 0 Å². The van der Waals surface area contributed by atoms with E-state index < -0.39 is 6.08 Å². The molecule has 0 aliphatic rings. The summed E-state index contributed by atoms with van der Waals surface area (Å²) in [6.07, 6.45) is -1.18. The Kier molecular flexibility index (Phi) is 3.04. The molecule has 0 saturated heterocycles. The summed E-state index contributed by atoms with van der Waals surface area (Å²) in [4.78, 5) is 0. The van der Waals surface area contributed by atoms with Crippen molar-refractivity contribution >= 4 is 0 Å². The van der Waals surface area contributed by atoms with Crippen LogP contribution in [0.1, 0.15) is 5.56 Å². The Hall–Kier alpha value is -1.62. The fourth-order valence-electron chi connectivity index (χ4n) is 0.695. The minimum Gasteiger partial charge on any atom is -0.173 e. The van der Waals surface area contributed by atoms with Gasteiger partial charge in [-0.3, -0.25) is 0 Å². The summed E-state index contributed by atoms with van der Waals surface area (Å²) < 4.78 is 23.0. The Balaban J connectivity index is 2.74. The number of hydrogen-bond acceptors (Lipinski definition) is 0. The zero-order chi connectivity index (χ0) is 8.81. The van der Waals surface area contributed by atoms with Crippen molar-refractivity contribution in [2.75, 3.05) is 0 Å². The zero-order valence-electron chi connectivity index (χ0n) is 6.22. The van der Waals surface area contributed by atoms with Crippen molar-refractivity contribution in [2.45, 2.75) is 0 Å². The predicted molar refractivity (Wildman–Crippen MR) is 43.6 cm³/mol. The van der Waals surface area contributed by atoms with Crippen LogP contribution in [0.25, 0.3) is 0 Å². The highest BCUT2D eigenvalue weighted by atomic mass is 19.3. The molecule has 0 heterocycles. The van der Waals surface area contributed by atoms with Crippen molar-refractivity contribution in [3.05, 3.63) is 48.1 Å². The first-order chi connectivity index (χ1) is 5.79. The first kappa shape index (κ1) is 8.48. The first-order valence-corrected chi connectivity index (χ1v) is 3.37. The number of benzene rings is 1. The van der Waals surface area contributed by atoms with Crippen LogP contribution in [0.15, 0.2) is 42.5 Å². The normalized spacial score (nSPS) is 8.17. The van der Waals surface area contributed by atoms with Crippen LogP contribution >= 0.6 is 0 Å². The van der Waals surface area contributed by atoms with Crippen molar-refractivity contribution in [2.24, 2.45) is 0 Å². The second kappa shape index (κ2) is 4.30. The lowest BCUT2D eigenvalue weighted by Gasteiger charge is -1.84. The van der Waals surface area contributed by atoms with Crippen molar-refractivity contribution in [3.63, 3.8) is 0 Å². The molecule has 0 fully saturated rings. The topological polar surface area (TPSA) is 0 Å². The lowest BCUT2D eigenvalue weighted by Crippen LogP contribution is -1.69. The molecule has 1 rings (SSSR count). The quantitative estimate of drug-likeness (QED) is 0.517. The standard InChI is InChI=1S/C10H6F2/c11-10(12)8-4-7-9-5-2-1-3-6-9/h1-3,5-6,8H. The lowest BCUT2D eigenvalue weighted by atomic mass is 10.2. The van der Waals surface area contributed by atoms with Crippen molar-refractivity contribution in [3.8, 4) is 11.8 Å². The second-order valence-corrected chi connectivity index (χ2v) is 2.07. The molecule has 1 aromatic rings. The first-order valence-electron chi connectivity index (χ1n) is 3.37. The average Bonchev–Trinajstić information content (AvgIpc) is 2.05. The summed E-state index contributed by atoms with van der Waals surface area (Å²) >= 11 is 0. The van der Waals surface area contributed by atoms with Gasteiger partial charge in [-0.25, -0.2) is 0 Å². The van der Waals surface area contributed by atoms with E-state index in [9.17, 15) is 8.78 Å². The van der Waals surface area contributed by atoms with Gasteiger partial charge in [-0.05, 0) is 12.1 Å². The maximum atomic E-state index is 11.5. The van der Waals surface area contributed by atoms with E-state index in [4.69, 9.17) is 0 Å². The predicted octanol–water partition coefficient (Wildman–Crippen LogP) is 2.82. The molecule has 0 unspecified atom stereocenters. The van der Waals surface area contributed by atoms with Crippen LogP contribution in [0, 0.1) is 11.8 Å². The maximum Gasteiger partial charge on any atom is 0.278 e. The summed E-state index contributed by atoms with van der Waals surface area (Å²) in [6, 6.07) is 8.98. The van der Waals surface area contributed by atoms with E-state index in [1.165, 1.54) is 0 Å². The van der Waals surface area contributed by atoms with Crippen LogP contribution in [0.4, 0.5) is 8.78 Å². The molecule has 60 valence electrons. The Morgan fingerprint density at radius 1 is 1.17 bits per heavy atom. The molecule has 0 bridgehead atoms. The van der Waals surface area contributed by atoms with Gasteiger partial charge in [0.2, 0.25) is 0 Å². The maximum absolute atomic E-state index is 11.5. The summed E-state index contributed by atoms with van der Waals surface area (Å²) in [7, 11) is 0. The molecule has 0 aliphatic heterocycles. The van der Waals surface area contributed by atoms with E-state index in [1.54, 1.807) is 24.3 Å². The molecular formula is C10H6F2. The molecule has 0 nitrogen and oxygen atoms in total. The number of rotatable bonds is 0. The van der Waals surface area contributed by atoms with Crippen molar-refractivity contribution in [1.82, 2.24) is 0 Å². The molecule has 0 aliphatic carbocycles. The molecule has 0 spiro atoms. The second-order valence-electron chi connectivity index (χ2n) is 2.07. The van der Waals surface area contributed by atoms with Crippen molar-refractivity contribution < 1.29 is 8.78 Å². The van der Waals surface area contributed by atoms with E-state index in [-0.39, 0.29) is 0 Å². The van der Waals surface area contributed by atoms with Crippen LogP contribution in [0.5, 0.6) is 0 Å². The third-order valence-corrected chi connectivity index (χ3v) is 1.17. The molecule has 0 saturated carbocycles. The third-order valence-electron chi connectivity index (χ3n) is 1.17. The summed E-state index contributed by atoms with van der Waals surface area (Å²) in [5.41, 5.74) is 0.731. The van der Waals surface area contributed by atoms with Gasteiger partial charge in [0.15, 0.2) is 0 Å². The number of halogens is 2. The summed E-state index contributed by atoms with van der Waals surface area (Å²) in [5.74, 6) is 4.81. The highest BCUT2D eigenvalue weighted by Gasteiger charge is 1.82. The Morgan fingerprint density at radius 2 is 1.83 bits per heavy atom. The van der Waals surface area contributed by atoms with Gasteiger partial charge in [-0.2, -0.15) is 8.78 Å². The van der Waals surface area contributed by atoms with Crippen LogP contribution < -0.4 is 0 Å². The van der Waals surface area contributed by atoms with Gasteiger partial charge < -0.3 is 0 Å². The van der Waals surface area contributed by atoms with Gasteiger partial charge in [0.05, 0.1) is 6.08 Å². The largest absolute Gasteiger partial charge is 0.278 e. The van der Waals surface area contributed by atoms with E-state index in [0.717, 1.165) is 5.56 Å². The molecule has 0 aromatic heterocycles. The Morgan fingerprint density at radius 3 is 2.42 bits per heavy atom. The van der Waals surface area contributed by atoms with E-state index >= 15 is 0 Å². The zero-order valence-corrected chi connectivity index (χ0v) is 6.22. The Labute approximate surface area is 69.5 Å². The number of hydrogen-bond donors (Lipinski definition) is 0. The average molecular weight is 164 g/mol. The molecular weight excluding hydrogens is 158 g/mol. The van der Waals surface area contributed by atoms with E-state index in [0.29, 0.717) is 6.08 Å². The summed E-state index contributed by atoms with van der Waals surface area (Å²) in [5, 5.41) is 0. The summed E-state index contributed by atoms with van der Waals surface area (Å²) in [6.45, 7) is 0. The van der Waals surface area contributed by atoms with Gasteiger partial charge in [0.1, 0.15) is 0 Å². The molecule has 0 amide bonds. The minimum atomic E-state index is -1.77. The number of allylic oxidation sites excluding steroid dienone is 1. The molecule has 1 aromatic carbocycles. The minimum absolute atomic E-state index is 0.590. The van der Waals surface area contributed by atoms with E-state index in [1.807, 2.05) is 6.07 Å². The van der Waals surface area contributed by atoms with Gasteiger partial charge in [-0.15, -0.1) is 0 Å². The molecule has 0 N–H and O–H groups in total. The Bertz CT molecular complexity index is 324. The molecule has 0 atom stereocenters. The fraction of sp³-hybridized carbons (Fsp3) is 0.